The van der Waals surface area contributed by atoms with Crippen molar-refractivity contribution in [3.63, 3.8) is 0 Å². The predicted octanol–water partition coefficient (Wildman–Crippen LogP) is 4.66. The zero-order valence-electron chi connectivity index (χ0n) is 16.2. The third-order valence-electron chi connectivity index (χ3n) is 4.30. The lowest BCUT2D eigenvalue weighted by atomic mass is 10.0. The van der Waals surface area contributed by atoms with Crippen molar-refractivity contribution in [2.75, 3.05) is 19.5 Å². The van der Waals surface area contributed by atoms with Crippen LogP contribution in [0.25, 0.3) is 11.6 Å². The molecular formula is C24H21NO4. The maximum absolute atomic E-state index is 13.1. The van der Waals surface area contributed by atoms with Gasteiger partial charge in [0, 0.05) is 11.3 Å². The van der Waals surface area contributed by atoms with Gasteiger partial charge < -0.3 is 14.8 Å². The van der Waals surface area contributed by atoms with E-state index in [4.69, 9.17) is 9.47 Å². The van der Waals surface area contributed by atoms with Crippen LogP contribution in [0, 0.1) is 0 Å². The molecule has 0 saturated heterocycles. The van der Waals surface area contributed by atoms with Gasteiger partial charge in [0.05, 0.1) is 19.8 Å². The number of amides is 1. The highest BCUT2D eigenvalue weighted by Crippen LogP contribution is 2.22. The highest BCUT2D eigenvalue weighted by atomic mass is 16.5. The quantitative estimate of drug-likeness (QED) is 0.380. The summed E-state index contributed by atoms with van der Waals surface area (Å²) >= 11 is 0. The van der Waals surface area contributed by atoms with Crippen molar-refractivity contribution in [3.05, 3.63) is 95.6 Å². The molecule has 1 amide bonds. The number of benzene rings is 3. The molecule has 0 bridgehead atoms. The van der Waals surface area contributed by atoms with Gasteiger partial charge in [-0.2, -0.15) is 0 Å². The predicted molar refractivity (Wildman–Crippen MR) is 114 cm³/mol. The summed E-state index contributed by atoms with van der Waals surface area (Å²) in [5.74, 6) is -0.000298. The molecular weight excluding hydrogens is 366 g/mol. The molecule has 3 aromatic carbocycles. The van der Waals surface area contributed by atoms with Gasteiger partial charge in [0.1, 0.15) is 5.75 Å². The molecule has 5 heteroatoms. The number of carbonyl (C=O) groups is 2. The molecule has 146 valence electrons. The molecule has 0 aliphatic heterocycles. The lowest BCUT2D eigenvalue weighted by Crippen LogP contribution is -2.14. The van der Waals surface area contributed by atoms with Crippen LogP contribution in [0.4, 0.5) is 5.69 Å². The SMILES string of the molecule is COC(=O)c1cccc(NC(=O)/C(=C/c2ccc(OC)cc2)c2ccccc2)c1. The molecule has 0 aliphatic rings. The second kappa shape index (κ2) is 9.37. The standard InChI is InChI=1S/C24H21NO4/c1-28-21-13-11-17(12-14-21)15-22(18-7-4-3-5-8-18)23(26)25-20-10-6-9-19(16-20)24(27)29-2/h3-16H,1-2H3,(H,25,26)/b22-15+. The second-order valence-electron chi connectivity index (χ2n) is 6.22. The van der Waals surface area contributed by atoms with E-state index >= 15 is 0 Å². The van der Waals surface area contributed by atoms with E-state index in [0.717, 1.165) is 16.9 Å². The van der Waals surface area contributed by atoms with Crippen molar-refractivity contribution in [3.8, 4) is 5.75 Å². The van der Waals surface area contributed by atoms with Crippen molar-refractivity contribution in [2.24, 2.45) is 0 Å². The van der Waals surface area contributed by atoms with E-state index in [1.807, 2.05) is 60.7 Å². The first-order valence-electron chi connectivity index (χ1n) is 9.01. The van der Waals surface area contributed by atoms with Gasteiger partial charge in [-0.1, -0.05) is 48.5 Å². The highest BCUT2D eigenvalue weighted by molar-refractivity contribution is 6.29. The maximum atomic E-state index is 13.1. The van der Waals surface area contributed by atoms with Gasteiger partial charge in [0.15, 0.2) is 0 Å². The number of methoxy groups -OCH3 is 2. The summed E-state index contributed by atoms with van der Waals surface area (Å²) in [6.45, 7) is 0. The zero-order valence-corrected chi connectivity index (χ0v) is 16.2. The molecule has 5 nitrogen and oxygen atoms in total. The van der Waals surface area contributed by atoms with E-state index in [0.29, 0.717) is 16.8 Å². The average molecular weight is 387 g/mol. The van der Waals surface area contributed by atoms with Gasteiger partial charge in [-0.3, -0.25) is 4.79 Å². The van der Waals surface area contributed by atoms with Crippen molar-refractivity contribution in [1.82, 2.24) is 0 Å². The fourth-order valence-electron chi connectivity index (χ4n) is 2.80. The van der Waals surface area contributed by atoms with Gasteiger partial charge in [-0.05, 0) is 47.5 Å². The van der Waals surface area contributed by atoms with Crippen LogP contribution < -0.4 is 10.1 Å². The Balaban J connectivity index is 1.93. The summed E-state index contributed by atoms with van der Waals surface area (Å²) in [6.07, 6.45) is 1.81. The van der Waals surface area contributed by atoms with Crippen LogP contribution in [-0.2, 0) is 9.53 Å². The van der Waals surface area contributed by atoms with Crippen LogP contribution in [0.15, 0.2) is 78.9 Å². The number of nitrogens with one attached hydrogen (secondary N) is 1. The number of rotatable bonds is 6. The highest BCUT2D eigenvalue weighted by Gasteiger charge is 2.14. The summed E-state index contributed by atoms with van der Waals surface area (Å²) in [4.78, 5) is 24.8. The Morgan fingerprint density at radius 3 is 2.17 bits per heavy atom. The molecule has 3 rings (SSSR count). The van der Waals surface area contributed by atoms with Gasteiger partial charge in [-0.25, -0.2) is 4.79 Å². The summed E-state index contributed by atoms with van der Waals surface area (Å²) in [5.41, 5.74) is 3.02. The number of hydrogen-bond donors (Lipinski definition) is 1. The minimum absolute atomic E-state index is 0.283. The van der Waals surface area contributed by atoms with Crippen LogP contribution >= 0.6 is 0 Å². The number of anilines is 1. The van der Waals surface area contributed by atoms with Crippen molar-refractivity contribution in [2.45, 2.75) is 0 Å². The molecule has 0 radical (unpaired) electrons. The Kier molecular flexibility index (Phi) is 6.43. The van der Waals surface area contributed by atoms with Crippen molar-refractivity contribution >= 4 is 29.2 Å². The van der Waals surface area contributed by atoms with E-state index in [9.17, 15) is 9.59 Å². The Hall–Kier alpha value is -3.86. The van der Waals surface area contributed by atoms with Crippen LogP contribution in [0.5, 0.6) is 5.75 Å². The van der Waals surface area contributed by atoms with Crippen LogP contribution in [0.1, 0.15) is 21.5 Å². The van der Waals surface area contributed by atoms with E-state index in [-0.39, 0.29) is 5.91 Å². The first kappa shape index (κ1) is 19.9. The molecule has 29 heavy (non-hydrogen) atoms. The van der Waals surface area contributed by atoms with Gasteiger partial charge in [0.25, 0.3) is 5.91 Å². The molecule has 0 saturated carbocycles. The van der Waals surface area contributed by atoms with Crippen LogP contribution in [0.2, 0.25) is 0 Å². The molecule has 0 spiro atoms. The third kappa shape index (κ3) is 5.11. The van der Waals surface area contributed by atoms with Gasteiger partial charge in [-0.15, -0.1) is 0 Å². The van der Waals surface area contributed by atoms with Crippen molar-refractivity contribution in [1.29, 1.82) is 0 Å². The largest absolute Gasteiger partial charge is 0.497 e. The smallest absolute Gasteiger partial charge is 0.337 e. The van der Waals surface area contributed by atoms with Crippen LogP contribution in [-0.4, -0.2) is 26.1 Å². The fourth-order valence-corrected chi connectivity index (χ4v) is 2.80. The summed E-state index contributed by atoms with van der Waals surface area (Å²) in [5, 5.41) is 2.86. The minimum Gasteiger partial charge on any atom is -0.497 e. The Morgan fingerprint density at radius 1 is 0.828 bits per heavy atom. The Labute approximate surface area is 169 Å². The monoisotopic (exact) mass is 387 g/mol. The first-order chi connectivity index (χ1) is 14.1. The topological polar surface area (TPSA) is 64.6 Å². The molecule has 0 aromatic heterocycles. The third-order valence-corrected chi connectivity index (χ3v) is 4.30. The zero-order chi connectivity index (χ0) is 20.6. The fraction of sp³-hybridized carbons (Fsp3) is 0.0833. The lowest BCUT2D eigenvalue weighted by molar-refractivity contribution is -0.111. The lowest BCUT2D eigenvalue weighted by Gasteiger charge is -2.11. The van der Waals surface area contributed by atoms with E-state index in [1.165, 1.54) is 7.11 Å². The molecule has 0 atom stereocenters. The first-order valence-corrected chi connectivity index (χ1v) is 9.01. The Morgan fingerprint density at radius 2 is 1.52 bits per heavy atom. The van der Waals surface area contributed by atoms with Crippen molar-refractivity contribution < 1.29 is 19.1 Å². The molecule has 0 aliphatic carbocycles. The summed E-state index contributed by atoms with van der Waals surface area (Å²) in [6, 6.07) is 23.5. The number of hydrogen-bond acceptors (Lipinski definition) is 4. The molecule has 0 unspecified atom stereocenters. The maximum Gasteiger partial charge on any atom is 0.337 e. The van der Waals surface area contributed by atoms with Gasteiger partial charge in [0.2, 0.25) is 0 Å². The number of ether oxygens (including phenoxy) is 2. The average Bonchev–Trinajstić information content (AvgIpc) is 2.78. The number of carbonyl (C=O) groups excluding carboxylic acids is 2. The summed E-state index contributed by atoms with van der Waals surface area (Å²) < 4.78 is 9.92. The molecule has 0 heterocycles. The normalized spacial score (nSPS) is 10.9. The van der Waals surface area contributed by atoms with E-state index < -0.39 is 5.97 Å². The second-order valence-corrected chi connectivity index (χ2v) is 6.22. The molecule has 0 fully saturated rings. The number of esters is 1. The van der Waals surface area contributed by atoms with E-state index in [1.54, 1.807) is 31.4 Å². The molecule has 3 aromatic rings. The van der Waals surface area contributed by atoms with E-state index in [2.05, 4.69) is 5.32 Å². The molecule has 1 N–H and O–H groups in total. The van der Waals surface area contributed by atoms with Crippen LogP contribution in [0.3, 0.4) is 0 Å². The Bertz CT molecular complexity index is 1020. The summed E-state index contributed by atoms with van der Waals surface area (Å²) in [7, 11) is 2.93. The minimum atomic E-state index is -0.460. The van der Waals surface area contributed by atoms with Gasteiger partial charge >= 0.3 is 5.97 Å².